The van der Waals surface area contributed by atoms with Crippen LogP contribution in [0.15, 0.2) is 16.6 Å². The first-order valence-corrected chi connectivity index (χ1v) is 6.21. The Morgan fingerprint density at radius 1 is 1.40 bits per heavy atom. The van der Waals surface area contributed by atoms with Gasteiger partial charge in [-0.3, -0.25) is 4.79 Å². The zero-order valence-corrected chi connectivity index (χ0v) is 11.8. The van der Waals surface area contributed by atoms with Crippen molar-refractivity contribution in [1.29, 1.82) is 0 Å². The van der Waals surface area contributed by atoms with E-state index in [-0.39, 0.29) is 23.8 Å². The predicted molar refractivity (Wildman–Crippen MR) is 72.5 cm³/mol. The molecule has 0 radical (unpaired) electrons. The van der Waals surface area contributed by atoms with E-state index in [9.17, 15) is 9.59 Å². The highest BCUT2D eigenvalue weighted by molar-refractivity contribution is 5.95. The van der Waals surface area contributed by atoms with Gasteiger partial charge in [-0.2, -0.15) is 0 Å². The summed E-state index contributed by atoms with van der Waals surface area (Å²) in [6, 6.07) is 0. The third-order valence-electron chi connectivity index (χ3n) is 3.20. The van der Waals surface area contributed by atoms with Crippen molar-refractivity contribution in [3.8, 4) is 5.75 Å². The molecule has 20 heavy (non-hydrogen) atoms. The van der Waals surface area contributed by atoms with Gasteiger partial charge in [-0.25, -0.2) is 4.79 Å². The van der Waals surface area contributed by atoms with Crippen molar-refractivity contribution in [2.45, 2.75) is 13.0 Å². The second-order valence-corrected chi connectivity index (χ2v) is 4.49. The molecular formula is C14H17NO5. The van der Waals surface area contributed by atoms with Crippen molar-refractivity contribution >= 4 is 12.0 Å². The highest BCUT2D eigenvalue weighted by Gasteiger charge is 2.21. The molecule has 0 aromatic carbocycles. The molecule has 1 fully saturated rings. The summed E-state index contributed by atoms with van der Waals surface area (Å²) >= 11 is 0. The van der Waals surface area contributed by atoms with Gasteiger partial charge in [0.05, 0.1) is 32.2 Å². The molecular weight excluding hydrogens is 262 g/mol. The number of pyridine rings is 1. The Labute approximate surface area is 116 Å². The van der Waals surface area contributed by atoms with Crippen LogP contribution in [0.4, 0.5) is 0 Å². The number of esters is 1. The molecule has 0 N–H and O–H groups in total. The standard InChI is InChI=1S/C14H17NO5/c1-15-7-12(19-3)13(16)10(11(15)8-18-2)6-9-4-5-20-14(9)17/h6-7H,4-5,8H2,1-3H3/b9-6+. The SMILES string of the molecule is COCc1c(/C=C2\CCOC2=O)c(=O)c(OC)cn1C. The summed E-state index contributed by atoms with van der Waals surface area (Å²) in [6.07, 6.45) is 3.69. The van der Waals surface area contributed by atoms with E-state index in [0.717, 1.165) is 0 Å². The van der Waals surface area contributed by atoms with Crippen LogP contribution in [0.3, 0.4) is 0 Å². The fourth-order valence-electron chi connectivity index (χ4n) is 2.13. The fraction of sp³-hybridized carbons (Fsp3) is 0.429. The van der Waals surface area contributed by atoms with Crippen LogP contribution in [0.2, 0.25) is 0 Å². The van der Waals surface area contributed by atoms with E-state index in [1.54, 1.807) is 31.0 Å². The lowest BCUT2D eigenvalue weighted by Crippen LogP contribution is -2.18. The third-order valence-corrected chi connectivity index (χ3v) is 3.20. The number of aryl methyl sites for hydroxylation is 1. The number of rotatable bonds is 4. The van der Waals surface area contributed by atoms with E-state index in [1.165, 1.54) is 7.11 Å². The molecule has 0 unspecified atom stereocenters. The second-order valence-electron chi connectivity index (χ2n) is 4.49. The lowest BCUT2D eigenvalue weighted by Gasteiger charge is -2.13. The molecule has 1 aromatic heterocycles. The van der Waals surface area contributed by atoms with Gasteiger partial charge in [0.1, 0.15) is 0 Å². The molecule has 1 aliphatic rings. The minimum Gasteiger partial charge on any atom is -0.491 e. The van der Waals surface area contributed by atoms with Crippen LogP contribution in [0.1, 0.15) is 17.7 Å². The van der Waals surface area contributed by atoms with Crippen LogP contribution in [-0.4, -0.2) is 31.4 Å². The first-order valence-electron chi connectivity index (χ1n) is 6.21. The number of methoxy groups -OCH3 is 2. The molecule has 6 nitrogen and oxygen atoms in total. The summed E-state index contributed by atoms with van der Waals surface area (Å²) in [5.74, 6) is -0.149. The summed E-state index contributed by atoms with van der Waals surface area (Å²) in [4.78, 5) is 23.9. The Morgan fingerprint density at radius 2 is 2.15 bits per heavy atom. The van der Waals surface area contributed by atoms with Crippen molar-refractivity contribution in [2.24, 2.45) is 7.05 Å². The molecule has 2 heterocycles. The molecule has 1 aromatic rings. The van der Waals surface area contributed by atoms with Gasteiger partial charge in [-0.05, 0) is 6.08 Å². The molecule has 0 aliphatic carbocycles. The normalized spacial score (nSPS) is 16.6. The van der Waals surface area contributed by atoms with E-state index in [1.807, 2.05) is 0 Å². The summed E-state index contributed by atoms with van der Waals surface area (Å²) < 4.78 is 16.8. The Hall–Kier alpha value is -2.08. The maximum Gasteiger partial charge on any atom is 0.334 e. The first-order chi connectivity index (χ1) is 9.58. The van der Waals surface area contributed by atoms with E-state index >= 15 is 0 Å². The molecule has 1 saturated heterocycles. The van der Waals surface area contributed by atoms with Crippen LogP contribution >= 0.6 is 0 Å². The lowest BCUT2D eigenvalue weighted by molar-refractivity contribution is -0.134. The molecule has 0 bridgehead atoms. The van der Waals surface area contributed by atoms with E-state index in [2.05, 4.69) is 0 Å². The monoisotopic (exact) mass is 279 g/mol. The topological polar surface area (TPSA) is 66.8 Å². The molecule has 6 heteroatoms. The van der Waals surface area contributed by atoms with Crippen LogP contribution in [0.5, 0.6) is 5.75 Å². The Morgan fingerprint density at radius 3 is 2.70 bits per heavy atom. The van der Waals surface area contributed by atoms with Crippen molar-refractivity contribution in [3.05, 3.63) is 33.3 Å². The Bertz CT molecular complexity index is 615. The Kier molecular flexibility index (Phi) is 4.24. The molecule has 0 atom stereocenters. The van der Waals surface area contributed by atoms with Gasteiger partial charge < -0.3 is 18.8 Å². The molecule has 2 rings (SSSR count). The average molecular weight is 279 g/mol. The molecule has 0 amide bonds. The average Bonchev–Trinajstić information content (AvgIpc) is 2.83. The highest BCUT2D eigenvalue weighted by atomic mass is 16.5. The molecule has 0 saturated carbocycles. The zero-order chi connectivity index (χ0) is 14.7. The minimum absolute atomic E-state index is 0.227. The quantitative estimate of drug-likeness (QED) is 0.604. The van der Waals surface area contributed by atoms with Crippen molar-refractivity contribution < 1.29 is 19.0 Å². The predicted octanol–water partition coefficient (Wildman–Crippen LogP) is 0.871. The van der Waals surface area contributed by atoms with E-state index in [4.69, 9.17) is 14.2 Å². The zero-order valence-electron chi connectivity index (χ0n) is 11.8. The van der Waals surface area contributed by atoms with Crippen LogP contribution in [-0.2, 0) is 27.9 Å². The lowest BCUT2D eigenvalue weighted by atomic mass is 10.1. The first kappa shape index (κ1) is 14.3. The maximum absolute atomic E-state index is 12.4. The van der Waals surface area contributed by atoms with Gasteiger partial charge in [0, 0.05) is 31.7 Å². The van der Waals surface area contributed by atoms with Gasteiger partial charge in [0.25, 0.3) is 0 Å². The Balaban J connectivity index is 2.62. The molecule has 0 spiro atoms. The largest absolute Gasteiger partial charge is 0.491 e. The fourth-order valence-corrected chi connectivity index (χ4v) is 2.13. The van der Waals surface area contributed by atoms with Crippen LogP contribution in [0.25, 0.3) is 6.08 Å². The number of aromatic nitrogens is 1. The minimum atomic E-state index is -0.377. The number of cyclic esters (lactones) is 1. The maximum atomic E-state index is 12.4. The van der Waals surface area contributed by atoms with Crippen molar-refractivity contribution in [3.63, 3.8) is 0 Å². The van der Waals surface area contributed by atoms with Gasteiger partial charge >= 0.3 is 5.97 Å². The number of carbonyl (C=O) groups excluding carboxylic acids is 1. The number of ether oxygens (including phenoxy) is 3. The molecule has 1 aliphatic heterocycles. The number of nitrogens with zero attached hydrogens (tertiary/aromatic N) is 1. The van der Waals surface area contributed by atoms with E-state index in [0.29, 0.717) is 29.9 Å². The third kappa shape index (κ3) is 2.60. The van der Waals surface area contributed by atoms with E-state index < -0.39 is 0 Å². The van der Waals surface area contributed by atoms with Gasteiger partial charge in [0.2, 0.25) is 5.43 Å². The smallest absolute Gasteiger partial charge is 0.334 e. The summed E-state index contributed by atoms with van der Waals surface area (Å²) in [7, 11) is 4.79. The van der Waals surface area contributed by atoms with Gasteiger partial charge in [0.15, 0.2) is 5.75 Å². The number of hydrogen-bond donors (Lipinski definition) is 0. The van der Waals surface area contributed by atoms with Crippen molar-refractivity contribution in [2.75, 3.05) is 20.8 Å². The van der Waals surface area contributed by atoms with Crippen LogP contribution < -0.4 is 10.2 Å². The van der Waals surface area contributed by atoms with Gasteiger partial charge in [-0.1, -0.05) is 0 Å². The summed E-state index contributed by atoms with van der Waals surface area (Å²) in [6.45, 7) is 0.623. The summed E-state index contributed by atoms with van der Waals surface area (Å²) in [5.41, 5.74) is 1.32. The van der Waals surface area contributed by atoms with Crippen molar-refractivity contribution in [1.82, 2.24) is 4.57 Å². The number of hydrogen-bond acceptors (Lipinski definition) is 5. The number of carbonyl (C=O) groups is 1. The molecule has 108 valence electrons. The van der Waals surface area contributed by atoms with Crippen LogP contribution in [0, 0.1) is 0 Å². The summed E-state index contributed by atoms with van der Waals surface area (Å²) in [5, 5.41) is 0. The highest BCUT2D eigenvalue weighted by Crippen LogP contribution is 2.20. The van der Waals surface area contributed by atoms with Gasteiger partial charge in [-0.15, -0.1) is 0 Å². The second kappa shape index (κ2) is 5.92.